The molecule has 3 aromatic rings. The molecule has 6 nitrogen and oxygen atoms in total. The number of nitrogens with zero attached hydrogens (tertiary/aromatic N) is 1. The Kier molecular flexibility index (Phi) is 5.01. The standard InChI is InChI=1S/C23H17ClN2O4/c1-13-7-9-15(24)11-19(13)26-22(28)18(21(27)25-23(26)29)12-17-16-6-4-3-5-14(16)8-10-20(17)30-2/h3-12H,1-2H3,(H,25,27,29)/b18-12+. The van der Waals surface area contributed by atoms with Gasteiger partial charge in [-0.3, -0.25) is 14.9 Å². The van der Waals surface area contributed by atoms with Gasteiger partial charge in [-0.1, -0.05) is 48.0 Å². The number of benzene rings is 3. The first-order valence-corrected chi connectivity index (χ1v) is 9.52. The zero-order chi connectivity index (χ0) is 21.4. The number of amides is 4. The van der Waals surface area contributed by atoms with Crippen molar-refractivity contribution in [1.29, 1.82) is 0 Å². The molecule has 150 valence electrons. The second kappa shape index (κ2) is 7.65. The number of imide groups is 2. The van der Waals surface area contributed by atoms with E-state index < -0.39 is 17.8 Å². The molecule has 7 heteroatoms. The summed E-state index contributed by atoms with van der Waals surface area (Å²) in [5.74, 6) is -0.996. The lowest BCUT2D eigenvalue weighted by Gasteiger charge is -2.27. The summed E-state index contributed by atoms with van der Waals surface area (Å²) in [6.45, 7) is 1.75. The topological polar surface area (TPSA) is 75.7 Å². The van der Waals surface area contributed by atoms with Crippen LogP contribution in [0.1, 0.15) is 11.1 Å². The van der Waals surface area contributed by atoms with Crippen LogP contribution in [0.5, 0.6) is 5.75 Å². The summed E-state index contributed by atoms with van der Waals surface area (Å²) in [4.78, 5) is 39.2. The number of barbiturate groups is 1. The molecule has 1 heterocycles. The number of methoxy groups -OCH3 is 1. The lowest BCUT2D eigenvalue weighted by molar-refractivity contribution is -0.122. The number of rotatable bonds is 3. The highest BCUT2D eigenvalue weighted by Gasteiger charge is 2.37. The van der Waals surface area contributed by atoms with Crippen LogP contribution in [0.4, 0.5) is 10.5 Å². The zero-order valence-corrected chi connectivity index (χ0v) is 17.0. The summed E-state index contributed by atoms with van der Waals surface area (Å²) in [6, 6.07) is 15.3. The van der Waals surface area contributed by atoms with Gasteiger partial charge in [0.15, 0.2) is 0 Å². The number of ether oxygens (including phenoxy) is 1. The largest absolute Gasteiger partial charge is 0.496 e. The van der Waals surface area contributed by atoms with Crippen molar-refractivity contribution in [1.82, 2.24) is 5.32 Å². The van der Waals surface area contributed by atoms with E-state index in [2.05, 4.69) is 5.32 Å². The van der Waals surface area contributed by atoms with Gasteiger partial charge in [0.1, 0.15) is 11.3 Å². The Morgan fingerprint density at radius 1 is 1.03 bits per heavy atom. The highest BCUT2D eigenvalue weighted by molar-refractivity contribution is 6.40. The summed E-state index contributed by atoms with van der Waals surface area (Å²) in [6.07, 6.45) is 1.46. The molecule has 1 aliphatic heterocycles. The highest BCUT2D eigenvalue weighted by atomic mass is 35.5. The van der Waals surface area contributed by atoms with E-state index in [1.165, 1.54) is 19.3 Å². The van der Waals surface area contributed by atoms with Gasteiger partial charge in [0.05, 0.1) is 12.8 Å². The van der Waals surface area contributed by atoms with Gasteiger partial charge in [-0.2, -0.15) is 0 Å². The lowest BCUT2D eigenvalue weighted by Crippen LogP contribution is -2.54. The van der Waals surface area contributed by atoms with Crippen molar-refractivity contribution >= 4 is 52.0 Å². The summed E-state index contributed by atoms with van der Waals surface area (Å²) in [5, 5.41) is 4.34. The summed E-state index contributed by atoms with van der Waals surface area (Å²) >= 11 is 6.06. The molecule has 0 unspecified atom stereocenters. The monoisotopic (exact) mass is 420 g/mol. The summed E-state index contributed by atoms with van der Waals surface area (Å²) in [5.41, 5.74) is 1.38. The Labute approximate surface area is 177 Å². The van der Waals surface area contributed by atoms with Crippen molar-refractivity contribution in [2.24, 2.45) is 0 Å². The Hall–Kier alpha value is -3.64. The van der Waals surface area contributed by atoms with Crippen molar-refractivity contribution in [3.05, 3.63) is 76.3 Å². The molecule has 0 aromatic heterocycles. The molecule has 0 atom stereocenters. The van der Waals surface area contributed by atoms with Crippen LogP contribution in [0.3, 0.4) is 0 Å². The van der Waals surface area contributed by atoms with Gasteiger partial charge in [0, 0.05) is 10.6 Å². The van der Waals surface area contributed by atoms with Crippen molar-refractivity contribution in [3.63, 3.8) is 0 Å². The number of nitrogens with one attached hydrogen (secondary N) is 1. The van der Waals surface area contributed by atoms with Gasteiger partial charge in [-0.15, -0.1) is 0 Å². The molecule has 0 aliphatic carbocycles. The van der Waals surface area contributed by atoms with Crippen LogP contribution in [0.25, 0.3) is 16.8 Å². The molecule has 0 saturated carbocycles. The highest BCUT2D eigenvalue weighted by Crippen LogP contribution is 2.32. The van der Waals surface area contributed by atoms with Crippen LogP contribution < -0.4 is 15.0 Å². The van der Waals surface area contributed by atoms with Gasteiger partial charge >= 0.3 is 6.03 Å². The fraction of sp³-hybridized carbons (Fsp3) is 0.0870. The van der Waals surface area contributed by atoms with Crippen LogP contribution in [0, 0.1) is 6.92 Å². The molecule has 30 heavy (non-hydrogen) atoms. The quantitative estimate of drug-likeness (QED) is 0.500. The first-order valence-electron chi connectivity index (χ1n) is 9.14. The molecule has 4 rings (SSSR count). The van der Waals surface area contributed by atoms with Gasteiger partial charge in [0.25, 0.3) is 11.8 Å². The molecule has 1 aliphatic rings. The molecule has 4 amide bonds. The first-order chi connectivity index (χ1) is 14.4. The molecule has 1 fully saturated rings. The van der Waals surface area contributed by atoms with Gasteiger partial charge < -0.3 is 4.74 Å². The van der Waals surface area contributed by atoms with E-state index >= 15 is 0 Å². The number of carbonyl (C=O) groups is 3. The summed E-state index contributed by atoms with van der Waals surface area (Å²) < 4.78 is 5.45. The SMILES string of the molecule is COc1ccc2ccccc2c1/C=C1\C(=O)NC(=O)N(c2cc(Cl)ccc2C)C1=O. The van der Waals surface area contributed by atoms with Crippen LogP contribution in [-0.2, 0) is 9.59 Å². The van der Waals surface area contributed by atoms with Gasteiger partial charge in [-0.05, 0) is 47.5 Å². The minimum Gasteiger partial charge on any atom is -0.496 e. The number of fused-ring (bicyclic) bond motifs is 1. The smallest absolute Gasteiger partial charge is 0.335 e. The van der Waals surface area contributed by atoms with E-state index in [-0.39, 0.29) is 5.57 Å². The third-order valence-electron chi connectivity index (χ3n) is 4.95. The Balaban J connectivity index is 1.89. The fourth-order valence-electron chi connectivity index (χ4n) is 3.45. The maximum atomic E-state index is 13.2. The normalized spacial score (nSPS) is 15.6. The average molecular weight is 421 g/mol. The molecule has 0 spiro atoms. The van der Waals surface area contributed by atoms with Crippen LogP contribution in [0.2, 0.25) is 5.02 Å². The minimum atomic E-state index is -0.822. The number of anilines is 1. The number of hydrogen-bond donors (Lipinski definition) is 1. The van der Waals surface area contributed by atoms with Crippen LogP contribution in [-0.4, -0.2) is 25.0 Å². The molecule has 1 N–H and O–H groups in total. The maximum Gasteiger partial charge on any atom is 0.335 e. The number of aryl methyl sites for hydroxylation is 1. The second-order valence-corrected chi connectivity index (χ2v) is 7.23. The third kappa shape index (κ3) is 3.31. The van der Waals surface area contributed by atoms with Crippen molar-refractivity contribution in [3.8, 4) is 5.75 Å². The molecule has 0 radical (unpaired) electrons. The van der Waals surface area contributed by atoms with E-state index in [0.29, 0.717) is 27.6 Å². The van der Waals surface area contributed by atoms with Gasteiger partial charge in [-0.25, -0.2) is 9.69 Å². The second-order valence-electron chi connectivity index (χ2n) is 6.79. The van der Waals surface area contributed by atoms with E-state index in [4.69, 9.17) is 16.3 Å². The number of halogens is 1. The molecule has 1 saturated heterocycles. The van der Waals surface area contributed by atoms with Crippen LogP contribution >= 0.6 is 11.6 Å². The summed E-state index contributed by atoms with van der Waals surface area (Å²) in [7, 11) is 1.51. The predicted octanol–water partition coefficient (Wildman–Crippen LogP) is 4.48. The molecule has 0 bridgehead atoms. The molecular formula is C23H17ClN2O4. The van der Waals surface area contributed by atoms with Crippen LogP contribution in [0.15, 0.2) is 60.2 Å². The van der Waals surface area contributed by atoms with E-state index in [0.717, 1.165) is 15.7 Å². The van der Waals surface area contributed by atoms with Crippen molar-refractivity contribution in [2.45, 2.75) is 6.92 Å². The first kappa shape index (κ1) is 19.7. The van der Waals surface area contributed by atoms with E-state index in [9.17, 15) is 14.4 Å². The maximum absolute atomic E-state index is 13.2. The minimum absolute atomic E-state index is 0.177. The van der Waals surface area contributed by atoms with Gasteiger partial charge in [0.2, 0.25) is 0 Å². The Bertz CT molecular complexity index is 1250. The number of urea groups is 1. The Morgan fingerprint density at radius 3 is 2.57 bits per heavy atom. The molecule has 3 aromatic carbocycles. The fourth-order valence-corrected chi connectivity index (χ4v) is 3.61. The third-order valence-corrected chi connectivity index (χ3v) is 5.19. The Morgan fingerprint density at radius 2 is 1.80 bits per heavy atom. The van der Waals surface area contributed by atoms with E-state index in [1.807, 2.05) is 30.3 Å². The number of carbonyl (C=O) groups excluding carboxylic acids is 3. The zero-order valence-electron chi connectivity index (χ0n) is 16.2. The van der Waals surface area contributed by atoms with Crippen molar-refractivity contribution < 1.29 is 19.1 Å². The van der Waals surface area contributed by atoms with Crippen molar-refractivity contribution in [2.75, 3.05) is 12.0 Å². The number of hydrogen-bond acceptors (Lipinski definition) is 4. The average Bonchev–Trinajstić information content (AvgIpc) is 2.73. The molecular weight excluding hydrogens is 404 g/mol. The van der Waals surface area contributed by atoms with E-state index in [1.54, 1.807) is 25.1 Å². The predicted molar refractivity (Wildman–Crippen MR) is 116 cm³/mol. The lowest BCUT2D eigenvalue weighted by atomic mass is 9.99.